The predicted octanol–water partition coefficient (Wildman–Crippen LogP) is 2.59. The molecule has 0 radical (unpaired) electrons. The van der Waals surface area contributed by atoms with E-state index in [-0.39, 0.29) is 18.2 Å². The first-order valence-corrected chi connectivity index (χ1v) is 6.26. The van der Waals surface area contributed by atoms with Gasteiger partial charge in [-0.25, -0.2) is 0 Å². The van der Waals surface area contributed by atoms with Gasteiger partial charge >= 0.3 is 0 Å². The Bertz CT molecular complexity index is 339. The van der Waals surface area contributed by atoms with Crippen molar-refractivity contribution in [1.82, 2.24) is 5.32 Å². The van der Waals surface area contributed by atoms with E-state index in [4.69, 9.17) is 0 Å². The molecule has 0 spiro atoms. The molecule has 3 unspecified atom stereocenters. The normalized spacial score (nSPS) is 16.5. The maximum atomic E-state index is 9.82. The third-order valence-corrected chi connectivity index (χ3v) is 2.90. The highest BCUT2D eigenvalue weighted by molar-refractivity contribution is 5.34. The molecule has 17 heavy (non-hydrogen) atoms. The zero-order chi connectivity index (χ0) is 12.8. The van der Waals surface area contributed by atoms with Gasteiger partial charge in [0, 0.05) is 17.6 Å². The molecule has 0 saturated carbocycles. The fraction of sp³-hybridized carbons (Fsp3) is 0.571. The van der Waals surface area contributed by atoms with Crippen LogP contribution in [-0.4, -0.2) is 22.4 Å². The molecule has 0 aliphatic carbocycles. The fourth-order valence-corrected chi connectivity index (χ4v) is 2.13. The SMILES string of the molecule is CCC(NC(C)CC(C)O)c1ccccc1O. The number of aromatic hydroxyl groups is 1. The first kappa shape index (κ1) is 14.0. The van der Waals surface area contributed by atoms with Crippen molar-refractivity contribution in [3.8, 4) is 5.75 Å². The molecule has 0 fully saturated rings. The molecule has 3 heteroatoms. The van der Waals surface area contributed by atoms with Gasteiger partial charge in [-0.05, 0) is 32.8 Å². The summed E-state index contributed by atoms with van der Waals surface area (Å²) in [6, 6.07) is 7.75. The molecule has 0 aliphatic heterocycles. The Labute approximate surface area is 103 Å². The standard InChI is InChI=1S/C14H23NO2/c1-4-13(15-10(2)9-11(3)16)12-7-5-6-8-14(12)17/h5-8,10-11,13,15-17H,4,9H2,1-3H3. The summed E-state index contributed by atoms with van der Waals surface area (Å²) < 4.78 is 0. The van der Waals surface area contributed by atoms with Crippen LogP contribution in [0, 0.1) is 0 Å². The van der Waals surface area contributed by atoms with Crippen molar-refractivity contribution < 1.29 is 10.2 Å². The van der Waals surface area contributed by atoms with Gasteiger partial charge in [0.2, 0.25) is 0 Å². The minimum atomic E-state index is -0.306. The largest absolute Gasteiger partial charge is 0.508 e. The van der Waals surface area contributed by atoms with E-state index in [0.29, 0.717) is 12.2 Å². The van der Waals surface area contributed by atoms with E-state index in [0.717, 1.165) is 12.0 Å². The van der Waals surface area contributed by atoms with Crippen LogP contribution in [0.4, 0.5) is 0 Å². The highest BCUT2D eigenvalue weighted by atomic mass is 16.3. The molecule has 0 bridgehead atoms. The molecule has 1 aromatic rings. The van der Waals surface area contributed by atoms with E-state index in [2.05, 4.69) is 19.2 Å². The van der Waals surface area contributed by atoms with E-state index in [1.54, 1.807) is 13.0 Å². The number of phenols is 1. The van der Waals surface area contributed by atoms with Gasteiger partial charge in [-0.2, -0.15) is 0 Å². The number of para-hydroxylation sites is 1. The first-order chi connectivity index (χ1) is 8.04. The van der Waals surface area contributed by atoms with Crippen molar-refractivity contribution in [2.45, 2.75) is 51.8 Å². The zero-order valence-electron chi connectivity index (χ0n) is 10.9. The lowest BCUT2D eigenvalue weighted by Crippen LogP contribution is -2.32. The Morgan fingerprint density at radius 2 is 1.88 bits per heavy atom. The van der Waals surface area contributed by atoms with Crippen LogP contribution >= 0.6 is 0 Å². The zero-order valence-corrected chi connectivity index (χ0v) is 10.9. The summed E-state index contributed by atoms with van der Waals surface area (Å²) in [6.07, 6.45) is 1.31. The van der Waals surface area contributed by atoms with Gasteiger partial charge in [-0.1, -0.05) is 25.1 Å². The summed E-state index contributed by atoms with van der Waals surface area (Å²) in [4.78, 5) is 0. The van der Waals surface area contributed by atoms with Crippen molar-refractivity contribution in [2.24, 2.45) is 0 Å². The van der Waals surface area contributed by atoms with Crippen molar-refractivity contribution in [1.29, 1.82) is 0 Å². The number of aliphatic hydroxyl groups excluding tert-OH is 1. The van der Waals surface area contributed by atoms with Crippen molar-refractivity contribution in [3.05, 3.63) is 29.8 Å². The first-order valence-electron chi connectivity index (χ1n) is 6.26. The van der Waals surface area contributed by atoms with E-state index in [1.807, 2.05) is 18.2 Å². The molecule has 0 aromatic heterocycles. The highest BCUT2D eigenvalue weighted by Crippen LogP contribution is 2.26. The van der Waals surface area contributed by atoms with Crippen LogP contribution in [0.1, 0.15) is 45.2 Å². The summed E-state index contributed by atoms with van der Waals surface area (Å²) >= 11 is 0. The second kappa shape index (κ2) is 6.62. The third-order valence-electron chi connectivity index (χ3n) is 2.90. The van der Waals surface area contributed by atoms with Crippen LogP contribution in [0.25, 0.3) is 0 Å². The Kier molecular flexibility index (Phi) is 5.45. The van der Waals surface area contributed by atoms with Crippen LogP contribution in [-0.2, 0) is 0 Å². The van der Waals surface area contributed by atoms with Gasteiger partial charge < -0.3 is 15.5 Å². The number of benzene rings is 1. The average Bonchev–Trinajstić information content (AvgIpc) is 2.26. The molecule has 1 rings (SSSR count). The molecular formula is C14H23NO2. The van der Waals surface area contributed by atoms with E-state index < -0.39 is 0 Å². The molecule has 1 aromatic carbocycles. The average molecular weight is 237 g/mol. The maximum absolute atomic E-state index is 9.82. The Morgan fingerprint density at radius 3 is 2.41 bits per heavy atom. The van der Waals surface area contributed by atoms with Gasteiger partial charge in [-0.15, -0.1) is 0 Å². The quantitative estimate of drug-likeness (QED) is 0.713. The summed E-state index contributed by atoms with van der Waals surface area (Å²) in [5, 5.41) is 22.6. The molecule has 0 heterocycles. The molecule has 3 atom stereocenters. The van der Waals surface area contributed by atoms with E-state index >= 15 is 0 Å². The Balaban J connectivity index is 2.69. The smallest absolute Gasteiger partial charge is 0.120 e. The second-order valence-corrected chi connectivity index (χ2v) is 4.67. The van der Waals surface area contributed by atoms with Gasteiger partial charge in [0.1, 0.15) is 5.75 Å². The molecule has 0 aliphatic rings. The molecular weight excluding hydrogens is 214 g/mol. The van der Waals surface area contributed by atoms with Crippen LogP contribution in [0.2, 0.25) is 0 Å². The number of phenolic OH excluding ortho intramolecular Hbond substituents is 1. The lowest BCUT2D eigenvalue weighted by atomic mass is 10.0. The number of rotatable bonds is 6. The van der Waals surface area contributed by atoms with Gasteiger partial charge in [0.05, 0.1) is 6.10 Å². The predicted molar refractivity (Wildman–Crippen MR) is 70.0 cm³/mol. The topological polar surface area (TPSA) is 52.5 Å². The van der Waals surface area contributed by atoms with Crippen molar-refractivity contribution >= 4 is 0 Å². The van der Waals surface area contributed by atoms with Gasteiger partial charge in [-0.3, -0.25) is 0 Å². The van der Waals surface area contributed by atoms with Crippen LogP contribution in [0.3, 0.4) is 0 Å². The fourth-order valence-electron chi connectivity index (χ4n) is 2.13. The monoisotopic (exact) mass is 237 g/mol. The molecule has 3 nitrogen and oxygen atoms in total. The van der Waals surface area contributed by atoms with Gasteiger partial charge in [0.15, 0.2) is 0 Å². The maximum Gasteiger partial charge on any atom is 0.120 e. The van der Waals surface area contributed by atoms with Crippen molar-refractivity contribution in [3.63, 3.8) is 0 Å². The third kappa shape index (κ3) is 4.36. The van der Waals surface area contributed by atoms with Crippen LogP contribution in [0.5, 0.6) is 5.75 Å². The van der Waals surface area contributed by atoms with Gasteiger partial charge in [0.25, 0.3) is 0 Å². The second-order valence-electron chi connectivity index (χ2n) is 4.67. The highest BCUT2D eigenvalue weighted by Gasteiger charge is 2.16. The summed E-state index contributed by atoms with van der Waals surface area (Å²) in [6.45, 7) is 5.92. The molecule has 0 amide bonds. The number of nitrogens with one attached hydrogen (secondary N) is 1. The number of hydrogen-bond donors (Lipinski definition) is 3. The Hall–Kier alpha value is -1.06. The van der Waals surface area contributed by atoms with Crippen molar-refractivity contribution in [2.75, 3.05) is 0 Å². The number of hydrogen-bond acceptors (Lipinski definition) is 3. The van der Waals surface area contributed by atoms with Crippen LogP contribution in [0.15, 0.2) is 24.3 Å². The molecule has 96 valence electrons. The summed E-state index contributed by atoms with van der Waals surface area (Å²) in [5.74, 6) is 0.330. The summed E-state index contributed by atoms with van der Waals surface area (Å²) in [5.41, 5.74) is 0.924. The van der Waals surface area contributed by atoms with Crippen LogP contribution < -0.4 is 5.32 Å². The molecule has 0 saturated heterocycles. The van der Waals surface area contributed by atoms with E-state index in [1.165, 1.54) is 0 Å². The lowest BCUT2D eigenvalue weighted by Gasteiger charge is -2.24. The molecule has 3 N–H and O–H groups in total. The number of aliphatic hydroxyl groups is 1. The minimum absolute atomic E-state index is 0.130. The lowest BCUT2D eigenvalue weighted by molar-refractivity contribution is 0.167. The van der Waals surface area contributed by atoms with E-state index in [9.17, 15) is 10.2 Å². The Morgan fingerprint density at radius 1 is 1.24 bits per heavy atom. The summed E-state index contributed by atoms with van der Waals surface area (Å²) in [7, 11) is 0. The minimum Gasteiger partial charge on any atom is -0.508 e.